The highest BCUT2D eigenvalue weighted by Gasteiger charge is 2.43. The van der Waals surface area contributed by atoms with Gasteiger partial charge in [0.05, 0.1) is 17.3 Å². The first-order chi connectivity index (χ1) is 8.72. The summed E-state index contributed by atoms with van der Waals surface area (Å²) < 4.78 is 7.78. The minimum atomic E-state index is -0.0659. The molecule has 2 rings (SSSR count). The maximum Gasteiger partial charge on any atom is 0.0888 e. The van der Waals surface area contributed by atoms with Crippen LogP contribution in [-0.4, -0.2) is 29.0 Å². The molecule has 0 saturated heterocycles. The third-order valence-electron chi connectivity index (χ3n) is 4.01. The molecule has 1 aliphatic carbocycles. The molecule has 1 saturated carbocycles. The molecule has 1 aromatic rings. The molecule has 1 atom stereocenters. The summed E-state index contributed by atoms with van der Waals surface area (Å²) in [7, 11) is 3.81. The first kappa shape index (κ1) is 13.6. The van der Waals surface area contributed by atoms with Gasteiger partial charge in [-0.3, -0.25) is 4.68 Å². The highest BCUT2D eigenvalue weighted by atomic mass is 16.5. The van der Waals surface area contributed by atoms with Crippen molar-refractivity contribution in [2.75, 3.05) is 13.7 Å². The van der Waals surface area contributed by atoms with Gasteiger partial charge in [0.15, 0.2) is 0 Å². The first-order valence-electron chi connectivity index (χ1n) is 7.00. The standard InChI is InChI=1S/C14H25N3O/c1-4-10-15-13(12-7-11-17(2)16-12)14(18-3)8-5-6-9-14/h7,11,13,15H,4-6,8-10H2,1-3H3. The predicted octanol–water partition coefficient (Wildman–Crippen LogP) is 2.42. The van der Waals surface area contributed by atoms with Gasteiger partial charge in [-0.25, -0.2) is 0 Å². The summed E-state index contributed by atoms with van der Waals surface area (Å²) in [6.07, 6.45) is 7.90. The number of ether oxygens (including phenoxy) is 1. The molecule has 4 nitrogen and oxygen atoms in total. The van der Waals surface area contributed by atoms with Crippen LogP contribution in [0.5, 0.6) is 0 Å². The van der Waals surface area contributed by atoms with Crippen LogP contribution in [0, 0.1) is 0 Å². The maximum atomic E-state index is 5.91. The van der Waals surface area contributed by atoms with Crippen molar-refractivity contribution < 1.29 is 4.74 Å². The van der Waals surface area contributed by atoms with Crippen molar-refractivity contribution in [2.45, 2.75) is 50.7 Å². The van der Waals surface area contributed by atoms with E-state index in [1.54, 1.807) is 0 Å². The molecule has 4 heteroatoms. The van der Waals surface area contributed by atoms with E-state index in [1.807, 2.05) is 25.0 Å². The number of hydrogen-bond acceptors (Lipinski definition) is 3. The molecule has 0 aliphatic heterocycles. The fraction of sp³-hybridized carbons (Fsp3) is 0.786. The van der Waals surface area contributed by atoms with Crippen molar-refractivity contribution in [3.8, 4) is 0 Å². The Morgan fingerprint density at radius 2 is 2.22 bits per heavy atom. The summed E-state index contributed by atoms with van der Waals surface area (Å²) in [5.74, 6) is 0. The number of aromatic nitrogens is 2. The summed E-state index contributed by atoms with van der Waals surface area (Å²) >= 11 is 0. The van der Waals surface area contributed by atoms with Crippen molar-refractivity contribution in [1.29, 1.82) is 0 Å². The van der Waals surface area contributed by atoms with Crippen LogP contribution in [0.3, 0.4) is 0 Å². The lowest BCUT2D eigenvalue weighted by molar-refractivity contribution is -0.0379. The van der Waals surface area contributed by atoms with Gasteiger partial charge in [0.1, 0.15) is 0 Å². The maximum absolute atomic E-state index is 5.91. The minimum absolute atomic E-state index is 0.0659. The second-order valence-electron chi connectivity index (χ2n) is 5.28. The van der Waals surface area contributed by atoms with E-state index in [0.29, 0.717) is 0 Å². The van der Waals surface area contributed by atoms with Crippen LogP contribution in [0.1, 0.15) is 50.8 Å². The third-order valence-corrected chi connectivity index (χ3v) is 4.01. The molecule has 1 aromatic heterocycles. The number of nitrogens with zero attached hydrogens (tertiary/aromatic N) is 2. The summed E-state index contributed by atoms with van der Waals surface area (Å²) in [5.41, 5.74) is 1.04. The molecule has 1 aliphatic rings. The molecular weight excluding hydrogens is 226 g/mol. The van der Waals surface area contributed by atoms with Crippen LogP contribution in [0.15, 0.2) is 12.3 Å². The highest BCUT2D eigenvalue weighted by molar-refractivity contribution is 5.13. The van der Waals surface area contributed by atoms with Crippen LogP contribution in [-0.2, 0) is 11.8 Å². The average Bonchev–Trinajstić information content (AvgIpc) is 3.00. The Bertz CT molecular complexity index is 369. The fourth-order valence-electron chi connectivity index (χ4n) is 3.02. The van der Waals surface area contributed by atoms with Gasteiger partial charge in [-0.1, -0.05) is 19.8 Å². The Morgan fingerprint density at radius 1 is 1.50 bits per heavy atom. The zero-order valence-corrected chi connectivity index (χ0v) is 11.8. The molecule has 0 amide bonds. The number of rotatable bonds is 6. The van der Waals surface area contributed by atoms with Crippen molar-refractivity contribution in [3.63, 3.8) is 0 Å². The Morgan fingerprint density at radius 3 is 2.72 bits per heavy atom. The Hall–Kier alpha value is -0.870. The van der Waals surface area contributed by atoms with E-state index < -0.39 is 0 Å². The molecule has 0 bridgehead atoms. The predicted molar refractivity (Wildman–Crippen MR) is 72.5 cm³/mol. The van der Waals surface area contributed by atoms with Gasteiger partial charge in [0.2, 0.25) is 0 Å². The lowest BCUT2D eigenvalue weighted by Crippen LogP contribution is -2.44. The van der Waals surface area contributed by atoms with Gasteiger partial charge in [-0.05, 0) is 31.9 Å². The van der Waals surface area contributed by atoms with Crippen LogP contribution < -0.4 is 5.32 Å². The lowest BCUT2D eigenvalue weighted by atomic mass is 9.89. The summed E-state index contributed by atoms with van der Waals surface area (Å²) in [6, 6.07) is 2.32. The number of methoxy groups -OCH3 is 1. The van der Waals surface area contributed by atoms with Gasteiger partial charge in [-0.15, -0.1) is 0 Å². The summed E-state index contributed by atoms with van der Waals surface area (Å²) in [6.45, 7) is 3.20. The van der Waals surface area contributed by atoms with Crippen LogP contribution in [0.2, 0.25) is 0 Å². The normalized spacial score (nSPS) is 20.2. The second kappa shape index (κ2) is 5.85. The highest BCUT2D eigenvalue weighted by Crippen LogP contribution is 2.42. The SMILES string of the molecule is CCCNC(c1ccn(C)n1)C1(OC)CCCC1. The van der Waals surface area contributed by atoms with Crippen LogP contribution >= 0.6 is 0 Å². The van der Waals surface area contributed by atoms with Crippen molar-refractivity contribution in [2.24, 2.45) is 7.05 Å². The van der Waals surface area contributed by atoms with E-state index >= 15 is 0 Å². The van der Waals surface area contributed by atoms with Crippen LogP contribution in [0.25, 0.3) is 0 Å². The quantitative estimate of drug-likeness (QED) is 0.844. The smallest absolute Gasteiger partial charge is 0.0888 e. The third kappa shape index (κ3) is 2.59. The van der Waals surface area contributed by atoms with E-state index in [2.05, 4.69) is 23.4 Å². The monoisotopic (exact) mass is 251 g/mol. The topological polar surface area (TPSA) is 39.1 Å². The molecule has 102 valence electrons. The van der Waals surface area contributed by atoms with E-state index in [4.69, 9.17) is 4.74 Å². The molecule has 0 aromatic carbocycles. The zero-order chi connectivity index (χ0) is 13.0. The fourth-order valence-corrected chi connectivity index (χ4v) is 3.02. The minimum Gasteiger partial charge on any atom is -0.376 e. The Balaban J connectivity index is 2.23. The van der Waals surface area contributed by atoms with Crippen molar-refractivity contribution in [3.05, 3.63) is 18.0 Å². The van der Waals surface area contributed by atoms with Crippen molar-refractivity contribution in [1.82, 2.24) is 15.1 Å². The molecule has 0 spiro atoms. The number of nitrogens with one attached hydrogen (secondary N) is 1. The van der Waals surface area contributed by atoms with Gasteiger partial charge in [-0.2, -0.15) is 5.10 Å². The van der Waals surface area contributed by atoms with Gasteiger partial charge in [0, 0.05) is 20.4 Å². The van der Waals surface area contributed by atoms with E-state index in [1.165, 1.54) is 12.8 Å². The molecule has 1 N–H and O–H groups in total. The second-order valence-corrected chi connectivity index (χ2v) is 5.28. The summed E-state index contributed by atoms with van der Waals surface area (Å²) in [5, 5.41) is 8.21. The van der Waals surface area contributed by atoms with Crippen LogP contribution in [0.4, 0.5) is 0 Å². The Labute approximate surface area is 110 Å². The van der Waals surface area contributed by atoms with Crippen molar-refractivity contribution >= 4 is 0 Å². The van der Waals surface area contributed by atoms with Gasteiger partial charge >= 0.3 is 0 Å². The summed E-state index contributed by atoms with van der Waals surface area (Å²) in [4.78, 5) is 0. The van der Waals surface area contributed by atoms with E-state index in [0.717, 1.165) is 31.5 Å². The largest absolute Gasteiger partial charge is 0.376 e. The molecule has 1 heterocycles. The van der Waals surface area contributed by atoms with E-state index in [-0.39, 0.29) is 11.6 Å². The van der Waals surface area contributed by atoms with Gasteiger partial charge < -0.3 is 10.1 Å². The average molecular weight is 251 g/mol. The molecule has 18 heavy (non-hydrogen) atoms. The molecule has 1 unspecified atom stereocenters. The van der Waals surface area contributed by atoms with E-state index in [9.17, 15) is 0 Å². The molecule has 0 radical (unpaired) electrons. The molecular formula is C14H25N3O. The number of hydrogen-bond donors (Lipinski definition) is 1. The lowest BCUT2D eigenvalue weighted by Gasteiger charge is -2.36. The number of aryl methyl sites for hydroxylation is 1. The molecule has 1 fully saturated rings. The first-order valence-corrected chi connectivity index (χ1v) is 7.00. The Kier molecular flexibility index (Phi) is 4.40. The van der Waals surface area contributed by atoms with Gasteiger partial charge in [0.25, 0.3) is 0 Å². The zero-order valence-electron chi connectivity index (χ0n) is 11.8.